The third kappa shape index (κ3) is 3.23. The summed E-state index contributed by atoms with van der Waals surface area (Å²) in [6.07, 6.45) is 2.47. The van der Waals surface area contributed by atoms with E-state index in [1.165, 1.54) is 0 Å². The Morgan fingerprint density at radius 3 is 2.40 bits per heavy atom. The molecule has 6 heteroatoms. The van der Waals surface area contributed by atoms with E-state index in [1.807, 2.05) is 14.0 Å². The highest BCUT2D eigenvalue weighted by Crippen LogP contribution is 2.27. The largest absolute Gasteiger partial charge is 0.409 e. The van der Waals surface area contributed by atoms with Crippen LogP contribution in [0.15, 0.2) is 5.16 Å². The van der Waals surface area contributed by atoms with Crippen LogP contribution >= 0.6 is 0 Å². The lowest BCUT2D eigenvalue weighted by Crippen LogP contribution is -2.53. The Morgan fingerprint density at radius 2 is 2.00 bits per heavy atom. The second kappa shape index (κ2) is 6.92. The molecule has 1 atom stereocenters. The summed E-state index contributed by atoms with van der Waals surface area (Å²) in [6, 6.07) is 0.239. The van der Waals surface area contributed by atoms with Gasteiger partial charge in [0.1, 0.15) is 5.41 Å². The normalized spacial score (nSPS) is 21.5. The number of amides is 1. The predicted octanol–water partition coefficient (Wildman–Crippen LogP) is 1.09. The molecule has 1 amide bonds. The number of carbonyl (C=O) groups excluding carboxylic acids is 1. The summed E-state index contributed by atoms with van der Waals surface area (Å²) in [5.74, 6) is -0.0758. The van der Waals surface area contributed by atoms with E-state index in [0.29, 0.717) is 6.42 Å². The Hall–Kier alpha value is -1.30. The highest BCUT2D eigenvalue weighted by Gasteiger charge is 2.40. The molecule has 6 nitrogen and oxygen atoms in total. The summed E-state index contributed by atoms with van der Waals surface area (Å²) >= 11 is 0. The topological polar surface area (TPSA) is 82.2 Å². The lowest BCUT2D eigenvalue weighted by atomic mass is 9.84. The van der Waals surface area contributed by atoms with Crippen molar-refractivity contribution in [3.05, 3.63) is 0 Å². The molecular weight excluding hydrogens is 256 g/mol. The van der Waals surface area contributed by atoms with Crippen molar-refractivity contribution in [2.45, 2.75) is 46.1 Å². The van der Waals surface area contributed by atoms with Crippen LogP contribution in [0.25, 0.3) is 0 Å². The number of piperidine rings is 1. The quantitative estimate of drug-likeness (QED) is 0.343. The van der Waals surface area contributed by atoms with Crippen molar-refractivity contribution in [2.24, 2.45) is 16.3 Å². The first-order chi connectivity index (χ1) is 9.40. The molecule has 1 aliphatic rings. The first-order valence-electron chi connectivity index (χ1n) is 7.38. The van der Waals surface area contributed by atoms with E-state index < -0.39 is 5.41 Å². The van der Waals surface area contributed by atoms with Crippen molar-refractivity contribution in [3.8, 4) is 0 Å². The van der Waals surface area contributed by atoms with E-state index in [1.54, 1.807) is 11.8 Å². The molecule has 0 aromatic heterocycles. The van der Waals surface area contributed by atoms with Crippen LogP contribution in [0.3, 0.4) is 0 Å². The number of hydrogen-bond donors (Lipinski definition) is 2. The molecule has 1 aliphatic heterocycles. The van der Waals surface area contributed by atoms with Gasteiger partial charge in [-0.3, -0.25) is 4.79 Å². The van der Waals surface area contributed by atoms with Crippen LogP contribution in [0.5, 0.6) is 0 Å². The number of oxime groups is 1. The predicted molar refractivity (Wildman–Crippen MR) is 79.7 cm³/mol. The molecule has 0 bridgehead atoms. The standard InChI is InChI=1S/C14H28N4O2/c1-5-14(3,12(15)16-20)13(19)17(4)11-7-9-18(6-2)10-8-11/h11,20H,5-10H2,1-4H3,(H2,15,16). The van der Waals surface area contributed by atoms with Gasteiger partial charge in [-0.2, -0.15) is 0 Å². The van der Waals surface area contributed by atoms with Crippen molar-refractivity contribution in [1.82, 2.24) is 9.80 Å². The van der Waals surface area contributed by atoms with Gasteiger partial charge in [-0.15, -0.1) is 0 Å². The fourth-order valence-corrected chi connectivity index (χ4v) is 2.73. The highest BCUT2D eigenvalue weighted by molar-refractivity contribution is 6.06. The number of nitrogens with zero attached hydrogens (tertiary/aromatic N) is 3. The fraction of sp³-hybridized carbons (Fsp3) is 0.857. The Labute approximate surface area is 121 Å². The summed E-state index contributed by atoms with van der Waals surface area (Å²) in [5, 5.41) is 11.9. The SMILES string of the molecule is CCN1CCC(N(C)C(=O)C(C)(CC)C(N)=NO)CC1. The molecule has 0 radical (unpaired) electrons. The molecule has 1 rings (SSSR count). The Balaban J connectivity index is 2.76. The minimum atomic E-state index is -0.925. The van der Waals surface area contributed by atoms with Crippen LogP contribution in [0.1, 0.15) is 40.0 Å². The molecule has 0 aromatic carbocycles. The number of hydrogen-bond acceptors (Lipinski definition) is 4. The van der Waals surface area contributed by atoms with E-state index in [2.05, 4.69) is 17.0 Å². The van der Waals surface area contributed by atoms with Crippen molar-refractivity contribution in [2.75, 3.05) is 26.7 Å². The maximum atomic E-state index is 12.7. The van der Waals surface area contributed by atoms with Crippen LogP contribution in [0.2, 0.25) is 0 Å². The van der Waals surface area contributed by atoms with Gasteiger partial charge in [0.05, 0.1) is 0 Å². The number of amidine groups is 1. The molecule has 0 spiro atoms. The number of carbonyl (C=O) groups is 1. The third-order valence-corrected chi connectivity index (χ3v) is 4.72. The number of rotatable bonds is 5. The molecular formula is C14H28N4O2. The Kier molecular flexibility index (Phi) is 5.80. The second-order valence-corrected chi connectivity index (χ2v) is 5.75. The molecule has 3 N–H and O–H groups in total. The van der Waals surface area contributed by atoms with E-state index in [0.717, 1.165) is 32.5 Å². The van der Waals surface area contributed by atoms with Crippen LogP contribution in [-0.4, -0.2) is 59.5 Å². The zero-order valence-electron chi connectivity index (χ0n) is 13.1. The van der Waals surface area contributed by atoms with Gasteiger partial charge >= 0.3 is 0 Å². The minimum absolute atomic E-state index is 0.0113. The fourth-order valence-electron chi connectivity index (χ4n) is 2.73. The third-order valence-electron chi connectivity index (χ3n) is 4.72. The maximum Gasteiger partial charge on any atom is 0.236 e. The van der Waals surface area contributed by atoms with Crippen molar-refractivity contribution < 1.29 is 10.0 Å². The van der Waals surface area contributed by atoms with E-state index in [4.69, 9.17) is 10.9 Å². The molecule has 0 saturated carbocycles. The molecule has 0 aromatic rings. The molecule has 20 heavy (non-hydrogen) atoms. The Morgan fingerprint density at radius 1 is 1.45 bits per heavy atom. The van der Waals surface area contributed by atoms with Gasteiger partial charge in [0.15, 0.2) is 5.84 Å². The summed E-state index contributed by atoms with van der Waals surface area (Å²) in [6.45, 7) is 8.87. The van der Waals surface area contributed by atoms with E-state index in [-0.39, 0.29) is 17.8 Å². The minimum Gasteiger partial charge on any atom is -0.409 e. The molecule has 1 fully saturated rings. The molecule has 116 valence electrons. The van der Waals surface area contributed by atoms with Crippen LogP contribution < -0.4 is 5.73 Å². The first kappa shape index (κ1) is 16.8. The van der Waals surface area contributed by atoms with Gasteiger partial charge in [0.2, 0.25) is 5.91 Å². The average molecular weight is 284 g/mol. The first-order valence-corrected chi connectivity index (χ1v) is 7.38. The van der Waals surface area contributed by atoms with Gasteiger partial charge in [-0.1, -0.05) is 19.0 Å². The lowest BCUT2D eigenvalue weighted by Gasteiger charge is -2.39. The summed E-state index contributed by atoms with van der Waals surface area (Å²) in [7, 11) is 1.83. The lowest BCUT2D eigenvalue weighted by molar-refractivity contribution is -0.139. The molecule has 0 aliphatic carbocycles. The van der Waals surface area contributed by atoms with Crippen molar-refractivity contribution in [3.63, 3.8) is 0 Å². The Bertz CT molecular complexity index is 364. The maximum absolute atomic E-state index is 12.7. The van der Waals surface area contributed by atoms with Gasteiger partial charge < -0.3 is 20.7 Å². The van der Waals surface area contributed by atoms with Crippen molar-refractivity contribution >= 4 is 11.7 Å². The average Bonchev–Trinajstić information content (AvgIpc) is 2.51. The van der Waals surface area contributed by atoms with Gasteiger partial charge in [-0.25, -0.2) is 0 Å². The van der Waals surface area contributed by atoms with Gasteiger partial charge in [0, 0.05) is 26.2 Å². The summed E-state index contributed by atoms with van der Waals surface area (Å²) in [5.41, 5.74) is 4.79. The molecule has 1 unspecified atom stereocenters. The number of nitrogens with two attached hydrogens (primary N) is 1. The van der Waals surface area contributed by atoms with Gasteiger partial charge in [0.25, 0.3) is 0 Å². The van der Waals surface area contributed by atoms with E-state index >= 15 is 0 Å². The van der Waals surface area contributed by atoms with Crippen LogP contribution in [-0.2, 0) is 4.79 Å². The smallest absolute Gasteiger partial charge is 0.236 e. The number of likely N-dealkylation sites (tertiary alicyclic amines) is 1. The zero-order chi connectivity index (χ0) is 15.3. The molecule has 1 heterocycles. The highest BCUT2D eigenvalue weighted by atomic mass is 16.4. The van der Waals surface area contributed by atoms with Crippen molar-refractivity contribution in [1.29, 1.82) is 0 Å². The molecule has 1 saturated heterocycles. The van der Waals surface area contributed by atoms with Crippen LogP contribution in [0.4, 0.5) is 0 Å². The van der Waals surface area contributed by atoms with E-state index in [9.17, 15) is 4.79 Å². The second-order valence-electron chi connectivity index (χ2n) is 5.75. The summed E-state index contributed by atoms with van der Waals surface area (Å²) in [4.78, 5) is 16.9. The summed E-state index contributed by atoms with van der Waals surface area (Å²) < 4.78 is 0. The van der Waals surface area contributed by atoms with Crippen LogP contribution in [0, 0.1) is 5.41 Å². The van der Waals surface area contributed by atoms with Gasteiger partial charge in [-0.05, 0) is 32.7 Å². The monoisotopic (exact) mass is 284 g/mol. The zero-order valence-corrected chi connectivity index (χ0v) is 13.1.